The number of thiophene rings is 1. The van der Waals surface area contributed by atoms with Crippen LogP contribution in [0, 0.1) is 0 Å². The van der Waals surface area contributed by atoms with Crippen molar-refractivity contribution >= 4 is 56.4 Å². The molecule has 2 aromatic rings. The molecular formula is C12H7BrCl2O3S. The predicted octanol–water partition coefficient (Wildman–Crippen LogP) is 5.09. The van der Waals surface area contributed by atoms with Crippen molar-refractivity contribution in [1.29, 1.82) is 0 Å². The van der Waals surface area contributed by atoms with Crippen LogP contribution >= 0.6 is 50.5 Å². The molecule has 2 rings (SSSR count). The van der Waals surface area contributed by atoms with E-state index in [9.17, 15) is 4.79 Å². The predicted molar refractivity (Wildman–Crippen MR) is 79.8 cm³/mol. The Hall–Kier alpha value is -0.750. The van der Waals surface area contributed by atoms with Crippen molar-refractivity contribution in [2.24, 2.45) is 0 Å². The first-order valence-corrected chi connectivity index (χ1v) is 7.49. The van der Waals surface area contributed by atoms with Gasteiger partial charge in [0.25, 0.3) is 0 Å². The highest BCUT2D eigenvalue weighted by atomic mass is 79.9. The van der Waals surface area contributed by atoms with Gasteiger partial charge in [-0.25, -0.2) is 4.79 Å². The molecule has 1 heterocycles. The average molecular weight is 382 g/mol. The van der Waals surface area contributed by atoms with E-state index in [0.29, 0.717) is 0 Å². The summed E-state index contributed by atoms with van der Waals surface area (Å²) in [5.74, 6) is -1.01. The number of carboxylic acid groups (broad SMARTS) is 1. The number of hydrogen-bond donors (Lipinski definition) is 1. The van der Waals surface area contributed by atoms with Gasteiger partial charge in [0.1, 0.15) is 12.2 Å². The number of carboxylic acids is 1. The standard InChI is InChI=1S/C12H7BrCl2O3S/c13-8-1-2-19-10(8)5-18-11-7(12(16)17)3-6(14)4-9(11)15/h1-4H,5H2,(H,16,17). The summed E-state index contributed by atoms with van der Waals surface area (Å²) in [7, 11) is 0. The molecule has 19 heavy (non-hydrogen) atoms. The Bertz CT molecular complexity index is 627. The number of aromatic carboxylic acids is 1. The molecule has 1 aromatic carbocycles. The van der Waals surface area contributed by atoms with Crippen molar-refractivity contribution < 1.29 is 14.6 Å². The lowest BCUT2D eigenvalue weighted by Crippen LogP contribution is -2.03. The molecule has 0 spiro atoms. The monoisotopic (exact) mass is 380 g/mol. The topological polar surface area (TPSA) is 46.5 Å². The Morgan fingerprint density at radius 2 is 2.16 bits per heavy atom. The summed E-state index contributed by atoms with van der Waals surface area (Å²) in [5, 5.41) is 11.5. The molecule has 0 aliphatic heterocycles. The van der Waals surface area contributed by atoms with Crippen molar-refractivity contribution in [3.63, 3.8) is 0 Å². The molecule has 0 fully saturated rings. The third-order valence-corrected chi connectivity index (χ3v) is 4.68. The zero-order chi connectivity index (χ0) is 14.0. The maximum absolute atomic E-state index is 11.2. The van der Waals surface area contributed by atoms with Crippen LogP contribution in [0.25, 0.3) is 0 Å². The summed E-state index contributed by atoms with van der Waals surface area (Å²) in [6, 6.07) is 4.66. The van der Waals surface area contributed by atoms with Crippen molar-refractivity contribution in [3.8, 4) is 5.75 Å². The Kier molecular flexibility index (Phi) is 4.73. The van der Waals surface area contributed by atoms with E-state index in [0.717, 1.165) is 9.35 Å². The van der Waals surface area contributed by atoms with Crippen molar-refractivity contribution in [1.82, 2.24) is 0 Å². The third-order valence-electron chi connectivity index (χ3n) is 2.28. The largest absolute Gasteiger partial charge is 0.486 e. The van der Waals surface area contributed by atoms with E-state index in [1.807, 2.05) is 11.4 Å². The number of hydrogen-bond acceptors (Lipinski definition) is 3. The van der Waals surface area contributed by atoms with Gasteiger partial charge in [-0.15, -0.1) is 11.3 Å². The van der Waals surface area contributed by atoms with Crippen LogP contribution in [-0.4, -0.2) is 11.1 Å². The first-order valence-electron chi connectivity index (χ1n) is 5.06. The fourth-order valence-corrected chi connectivity index (χ4v) is 3.36. The molecule has 0 saturated heterocycles. The molecular weight excluding hydrogens is 375 g/mol. The summed E-state index contributed by atoms with van der Waals surface area (Å²) in [4.78, 5) is 12.1. The van der Waals surface area contributed by atoms with E-state index in [-0.39, 0.29) is 28.0 Å². The van der Waals surface area contributed by atoms with Crippen molar-refractivity contribution in [3.05, 3.63) is 48.5 Å². The molecule has 0 aliphatic carbocycles. The number of halogens is 3. The van der Waals surface area contributed by atoms with Crippen LogP contribution in [0.1, 0.15) is 15.2 Å². The summed E-state index contributed by atoms with van der Waals surface area (Å²) >= 11 is 16.6. The quantitative estimate of drug-likeness (QED) is 0.801. The van der Waals surface area contributed by atoms with Crippen molar-refractivity contribution in [2.75, 3.05) is 0 Å². The molecule has 0 amide bonds. The normalized spacial score (nSPS) is 10.5. The van der Waals surface area contributed by atoms with Crippen LogP contribution in [0.15, 0.2) is 28.1 Å². The fraction of sp³-hybridized carbons (Fsp3) is 0.0833. The minimum absolute atomic E-state index is 0.0508. The Morgan fingerprint density at radius 3 is 2.74 bits per heavy atom. The van der Waals surface area contributed by atoms with Gasteiger partial charge in [0.15, 0.2) is 5.75 Å². The molecule has 1 aromatic heterocycles. The van der Waals surface area contributed by atoms with E-state index in [1.165, 1.54) is 23.5 Å². The lowest BCUT2D eigenvalue weighted by Gasteiger charge is -2.11. The summed E-state index contributed by atoms with van der Waals surface area (Å²) in [5.41, 5.74) is -0.0508. The summed E-state index contributed by atoms with van der Waals surface area (Å²) in [6.45, 7) is 0.236. The molecule has 7 heteroatoms. The van der Waals surface area contributed by atoms with Crippen LogP contribution in [0.3, 0.4) is 0 Å². The molecule has 100 valence electrons. The molecule has 0 radical (unpaired) electrons. The van der Waals surface area contributed by atoms with Crippen LogP contribution in [0.2, 0.25) is 10.0 Å². The lowest BCUT2D eigenvalue weighted by atomic mass is 10.2. The summed E-state index contributed by atoms with van der Waals surface area (Å²) in [6.07, 6.45) is 0. The maximum atomic E-state index is 11.2. The van der Waals surface area contributed by atoms with E-state index in [1.54, 1.807) is 0 Å². The molecule has 1 N–H and O–H groups in total. The lowest BCUT2D eigenvalue weighted by molar-refractivity contribution is 0.0692. The average Bonchev–Trinajstić information content (AvgIpc) is 2.73. The highest BCUT2D eigenvalue weighted by Crippen LogP contribution is 2.34. The first-order chi connectivity index (χ1) is 8.99. The number of ether oxygens (including phenoxy) is 1. The van der Waals surface area contributed by atoms with E-state index < -0.39 is 5.97 Å². The van der Waals surface area contributed by atoms with E-state index in [2.05, 4.69) is 15.9 Å². The Balaban J connectivity index is 2.29. The number of carbonyl (C=O) groups is 1. The van der Waals surface area contributed by atoms with Gasteiger partial charge in [0, 0.05) is 9.50 Å². The molecule has 0 unspecified atom stereocenters. The SMILES string of the molecule is O=C(O)c1cc(Cl)cc(Cl)c1OCc1sccc1Br. The fourth-order valence-electron chi connectivity index (χ4n) is 1.43. The van der Waals surface area contributed by atoms with Gasteiger partial charge >= 0.3 is 5.97 Å². The zero-order valence-electron chi connectivity index (χ0n) is 9.32. The minimum Gasteiger partial charge on any atom is -0.486 e. The highest BCUT2D eigenvalue weighted by molar-refractivity contribution is 9.10. The Morgan fingerprint density at radius 1 is 1.42 bits per heavy atom. The second kappa shape index (κ2) is 6.13. The minimum atomic E-state index is -1.13. The second-order valence-electron chi connectivity index (χ2n) is 3.55. The molecule has 0 aliphatic rings. The molecule has 0 saturated carbocycles. The zero-order valence-corrected chi connectivity index (χ0v) is 13.2. The molecule has 3 nitrogen and oxygen atoms in total. The van der Waals surface area contributed by atoms with E-state index >= 15 is 0 Å². The third kappa shape index (κ3) is 3.42. The van der Waals surface area contributed by atoms with Crippen LogP contribution < -0.4 is 4.74 Å². The first kappa shape index (κ1) is 14.7. The summed E-state index contributed by atoms with van der Waals surface area (Å²) < 4.78 is 6.43. The molecule has 0 bridgehead atoms. The van der Waals surface area contributed by atoms with Crippen molar-refractivity contribution in [2.45, 2.75) is 6.61 Å². The smallest absolute Gasteiger partial charge is 0.339 e. The van der Waals surface area contributed by atoms with Crippen LogP contribution in [0.5, 0.6) is 5.75 Å². The highest BCUT2D eigenvalue weighted by Gasteiger charge is 2.17. The van der Waals surface area contributed by atoms with Gasteiger partial charge in [-0.1, -0.05) is 23.2 Å². The van der Waals surface area contributed by atoms with Crippen LogP contribution in [0.4, 0.5) is 0 Å². The van der Waals surface area contributed by atoms with Crippen LogP contribution in [-0.2, 0) is 6.61 Å². The maximum Gasteiger partial charge on any atom is 0.339 e. The number of benzene rings is 1. The van der Waals surface area contributed by atoms with Gasteiger partial charge < -0.3 is 9.84 Å². The number of rotatable bonds is 4. The van der Waals surface area contributed by atoms with Gasteiger partial charge in [-0.2, -0.15) is 0 Å². The van der Waals surface area contributed by atoms with Gasteiger partial charge in [0.05, 0.1) is 9.90 Å². The van der Waals surface area contributed by atoms with Gasteiger partial charge in [-0.3, -0.25) is 0 Å². The Labute approximate surface area is 131 Å². The van der Waals surface area contributed by atoms with Gasteiger partial charge in [-0.05, 0) is 39.5 Å². The second-order valence-corrected chi connectivity index (χ2v) is 6.25. The van der Waals surface area contributed by atoms with Gasteiger partial charge in [0.2, 0.25) is 0 Å². The van der Waals surface area contributed by atoms with E-state index in [4.69, 9.17) is 33.0 Å². The molecule has 0 atom stereocenters.